The van der Waals surface area contributed by atoms with Crippen molar-refractivity contribution in [2.45, 2.75) is 103 Å². The van der Waals surface area contributed by atoms with E-state index in [2.05, 4.69) is 92.3 Å². The zero-order chi connectivity index (χ0) is 57.4. The average Bonchev–Trinajstić information content (AvgIpc) is 4.45. The number of benzene rings is 3. The van der Waals surface area contributed by atoms with Crippen molar-refractivity contribution in [1.82, 2.24) is 40.1 Å². The molecule has 21 heteroatoms. The van der Waals surface area contributed by atoms with Gasteiger partial charge in [0.05, 0.1) is 84.6 Å². The van der Waals surface area contributed by atoms with Gasteiger partial charge in [-0.15, -0.1) is 11.3 Å². The molecule has 2 N–H and O–H groups in total. The summed E-state index contributed by atoms with van der Waals surface area (Å²) in [6.07, 6.45) is 2.21. The van der Waals surface area contributed by atoms with E-state index in [1.807, 2.05) is 39.0 Å². The summed E-state index contributed by atoms with van der Waals surface area (Å²) in [5.41, 5.74) is 8.15. The molecule has 20 nitrogen and oxygen atoms in total. The summed E-state index contributed by atoms with van der Waals surface area (Å²) in [6.45, 7) is 16.6. The van der Waals surface area contributed by atoms with Gasteiger partial charge in [-0.05, 0) is 68.8 Å². The van der Waals surface area contributed by atoms with Crippen LogP contribution in [0.3, 0.4) is 0 Å². The number of rotatable bonds is 22. The molecule has 0 unspecified atom stereocenters. The largest absolute Gasteiger partial charge is 0.491 e. The number of likely N-dealkylation sites (tertiary alicyclic amines) is 2. The number of likely N-dealkylation sites (N-methyl/N-ethyl adjacent to an activating group) is 1. The predicted octanol–water partition coefficient (Wildman–Crippen LogP) is 6.62. The quantitative estimate of drug-likeness (QED) is 0.0538. The lowest BCUT2D eigenvalue weighted by Crippen LogP contribution is -2.55. The van der Waals surface area contributed by atoms with Crippen molar-refractivity contribution in [3.8, 4) is 28.3 Å². The SMILES string of the molecule is C=CC(=O)N1CCN(c2nc(OC[C@@H]3C[C@@H](OCCOCCOc4cc(-c5scnc5C)ccc4CNC(=O)[C@@H]4C[C@@H](O)CN4C(=O)[C@@H](c4cc(C)no4)C(C)C)CN3C)nc3c2CCN(c2cccc4ccccc24)C3)C[C@@H]1CC#N. The number of amides is 3. The number of carbonyl (C=O) groups is 3. The maximum absolute atomic E-state index is 14.0. The molecule has 0 radical (unpaired) electrons. The molecule has 6 atom stereocenters. The minimum absolute atomic E-state index is 0.0398. The molecular weight excluding hydrogens is 1060 g/mol. The van der Waals surface area contributed by atoms with Gasteiger partial charge in [-0.25, -0.2) is 4.98 Å². The summed E-state index contributed by atoms with van der Waals surface area (Å²) in [5.74, 6) is 0.185. The molecule has 4 aliphatic heterocycles. The first-order valence-corrected chi connectivity index (χ1v) is 29.2. The lowest BCUT2D eigenvalue weighted by molar-refractivity contribution is -0.141. The van der Waals surface area contributed by atoms with Crippen molar-refractivity contribution in [2.24, 2.45) is 5.92 Å². The van der Waals surface area contributed by atoms with E-state index in [4.69, 9.17) is 33.4 Å². The zero-order valence-corrected chi connectivity index (χ0v) is 48.2. The van der Waals surface area contributed by atoms with Crippen molar-refractivity contribution in [2.75, 3.05) is 89.2 Å². The van der Waals surface area contributed by atoms with Crippen molar-refractivity contribution in [3.63, 3.8) is 0 Å². The van der Waals surface area contributed by atoms with Crippen molar-refractivity contribution >= 4 is 51.3 Å². The number of hydrogen-bond donors (Lipinski definition) is 2. The Labute approximate surface area is 482 Å². The normalized spacial score (nSPS) is 20.5. The number of nitriles is 1. The standard InChI is InChI=1S/C61H73N11O9S/c1-7-55(74)71-22-21-70(32-44(71)17-19-62)58-49-18-20-69(51-14-10-12-41-11-8-9-13-48(41)51)35-50(49)65-61(66-58)80-36-45-29-47(34-68(45)6)78-25-23-77-24-26-79-53-28-42(57-40(5)64-37-82-57)15-16-43(53)31-63-59(75)52-30-46(73)33-72(52)60(76)56(38(2)3)54-27-39(4)67-81-54/h7-16,27-28,37-38,44-47,52,56,73H,1,17-18,20-26,29-36H2,2-6H3,(H,63,75)/t44-,45-,46+,47+,52-,56+/m0/s1. The van der Waals surface area contributed by atoms with Gasteiger partial charge in [0.1, 0.15) is 42.5 Å². The number of thiazole rings is 1. The van der Waals surface area contributed by atoms with Crippen LogP contribution in [0.4, 0.5) is 11.5 Å². The molecule has 6 aromatic rings. The maximum Gasteiger partial charge on any atom is 0.318 e. The van der Waals surface area contributed by atoms with Gasteiger partial charge in [-0.1, -0.05) is 74.1 Å². The Morgan fingerprint density at radius 2 is 1.77 bits per heavy atom. The van der Waals surface area contributed by atoms with Crippen molar-refractivity contribution in [3.05, 3.63) is 119 Å². The van der Waals surface area contributed by atoms with Crippen LogP contribution in [0.1, 0.15) is 73.0 Å². The highest BCUT2D eigenvalue weighted by molar-refractivity contribution is 7.13. The molecule has 3 amide bonds. The van der Waals surface area contributed by atoms with Crippen LogP contribution in [-0.4, -0.2) is 167 Å². The second kappa shape index (κ2) is 26.2. The van der Waals surface area contributed by atoms with Gasteiger partial charge in [-0.2, -0.15) is 15.2 Å². The Bertz CT molecular complexity index is 3280. The minimum atomic E-state index is -0.865. The number of piperazine rings is 1. The smallest absolute Gasteiger partial charge is 0.318 e. The summed E-state index contributed by atoms with van der Waals surface area (Å²) in [7, 11) is 2.07. The molecule has 7 heterocycles. The first-order chi connectivity index (χ1) is 39.8. The van der Waals surface area contributed by atoms with E-state index >= 15 is 0 Å². The van der Waals surface area contributed by atoms with E-state index in [0.717, 1.165) is 63.8 Å². The molecule has 4 aliphatic rings. The number of nitrogens with zero attached hydrogens (tertiary/aromatic N) is 10. The monoisotopic (exact) mass is 1140 g/mol. The number of hydrogen-bond acceptors (Lipinski definition) is 18. The summed E-state index contributed by atoms with van der Waals surface area (Å²) < 4.78 is 30.8. The fraction of sp³-hybridized carbons (Fsp3) is 0.475. The van der Waals surface area contributed by atoms with Gasteiger partial charge in [0.15, 0.2) is 0 Å². The van der Waals surface area contributed by atoms with Gasteiger partial charge in [0.2, 0.25) is 17.7 Å². The minimum Gasteiger partial charge on any atom is -0.491 e. The van der Waals surface area contributed by atoms with Crippen molar-refractivity contribution in [1.29, 1.82) is 5.26 Å². The Morgan fingerprint density at radius 1 is 0.939 bits per heavy atom. The molecule has 0 saturated carbocycles. The number of ether oxygens (including phenoxy) is 4. The predicted molar refractivity (Wildman–Crippen MR) is 311 cm³/mol. The van der Waals surface area contributed by atoms with Crippen LogP contribution in [0.25, 0.3) is 21.2 Å². The van der Waals surface area contributed by atoms with Crippen molar-refractivity contribution < 1.29 is 43.0 Å². The molecule has 3 aromatic heterocycles. The van der Waals surface area contributed by atoms with Crippen LogP contribution >= 0.6 is 11.3 Å². The highest BCUT2D eigenvalue weighted by atomic mass is 32.1. The number of fused-ring (bicyclic) bond motifs is 2. The third-order valence-electron chi connectivity index (χ3n) is 16.1. The molecule has 0 bridgehead atoms. The van der Waals surface area contributed by atoms with E-state index in [1.54, 1.807) is 23.4 Å². The first-order valence-electron chi connectivity index (χ1n) is 28.3. The van der Waals surface area contributed by atoms with E-state index in [9.17, 15) is 24.8 Å². The Kier molecular flexibility index (Phi) is 18.4. The van der Waals surface area contributed by atoms with Crippen LogP contribution in [0.5, 0.6) is 11.8 Å². The van der Waals surface area contributed by atoms with E-state index in [0.29, 0.717) is 82.4 Å². The third-order valence-corrected chi connectivity index (χ3v) is 17.1. The maximum atomic E-state index is 14.0. The topological polar surface area (TPSA) is 225 Å². The average molecular weight is 1140 g/mol. The van der Waals surface area contributed by atoms with E-state index in [-0.39, 0.29) is 74.4 Å². The highest BCUT2D eigenvalue weighted by Gasteiger charge is 2.43. The molecular formula is C61H73N11O9S. The lowest BCUT2D eigenvalue weighted by atomic mass is 9.91. The van der Waals surface area contributed by atoms with Gasteiger partial charge >= 0.3 is 6.01 Å². The summed E-state index contributed by atoms with van der Waals surface area (Å²) in [6, 6.07) is 23.8. The Hall–Kier alpha value is -7.48. The third kappa shape index (κ3) is 13.1. The highest BCUT2D eigenvalue weighted by Crippen LogP contribution is 2.37. The molecule has 0 aliphatic carbocycles. The zero-order valence-electron chi connectivity index (χ0n) is 47.4. The van der Waals surface area contributed by atoms with Gasteiger partial charge in [0.25, 0.3) is 0 Å². The number of aliphatic hydroxyl groups excluding tert-OH is 1. The van der Waals surface area contributed by atoms with Gasteiger partial charge in [-0.3, -0.25) is 19.3 Å². The second-order valence-electron chi connectivity index (χ2n) is 22.0. The van der Waals surface area contributed by atoms with Crippen LogP contribution in [0, 0.1) is 31.1 Å². The number of nitrogens with one attached hydrogen (secondary N) is 1. The molecule has 0 spiro atoms. The molecule has 432 valence electrons. The fourth-order valence-electron chi connectivity index (χ4n) is 11.8. The first kappa shape index (κ1) is 57.7. The number of carbonyl (C=O) groups excluding carboxylic acids is 3. The lowest BCUT2D eigenvalue weighted by Gasteiger charge is -2.42. The molecule has 10 rings (SSSR count). The number of aliphatic hydroxyl groups is 1. The molecule has 82 heavy (non-hydrogen) atoms. The van der Waals surface area contributed by atoms with Crippen LogP contribution in [0.15, 0.2) is 89.4 Å². The van der Waals surface area contributed by atoms with Crippen LogP contribution in [0.2, 0.25) is 0 Å². The van der Waals surface area contributed by atoms with E-state index < -0.39 is 18.1 Å². The number of aromatic nitrogens is 4. The molecule has 3 aromatic carbocycles. The Balaban J connectivity index is 0.731. The fourth-order valence-corrected chi connectivity index (χ4v) is 12.6. The summed E-state index contributed by atoms with van der Waals surface area (Å²) >= 11 is 1.54. The number of aryl methyl sites for hydroxylation is 2. The van der Waals surface area contributed by atoms with Gasteiger partial charge < -0.3 is 53.5 Å². The second-order valence-corrected chi connectivity index (χ2v) is 22.9. The molecule has 3 saturated heterocycles. The van der Waals surface area contributed by atoms with Gasteiger partial charge in [0, 0.05) is 86.5 Å². The molecule has 3 fully saturated rings. The Morgan fingerprint density at radius 3 is 2.55 bits per heavy atom. The van der Waals surface area contributed by atoms with Crippen LogP contribution < -0.4 is 24.6 Å². The summed E-state index contributed by atoms with van der Waals surface area (Å²) in [4.78, 5) is 66.3. The summed E-state index contributed by atoms with van der Waals surface area (Å²) in [5, 5.41) is 29.8. The van der Waals surface area contributed by atoms with Crippen LogP contribution in [-0.2, 0) is 43.4 Å². The van der Waals surface area contributed by atoms with E-state index in [1.165, 1.54) is 33.1 Å². The number of β-amino-alcohol motifs (C(OH)–C–C–N with tert-alkyl or cyclic N) is 1. The number of anilines is 2.